The molecule has 1 aliphatic carbocycles. The molecule has 1 unspecified atom stereocenters. The molecule has 0 aromatic carbocycles. The van der Waals surface area contributed by atoms with E-state index < -0.39 is 14.6 Å². The van der Waals surface area contributed by atoms with Gasteiger partial charge in [0.25, 0.3) is 0 Å². The Hall–Kier alpha value is -0.0900. The topological polar surface area (TPSA) is 46.2 Å². The van der Waals surface area contributed by atoms with Crippen molar-refractivity contribution >= 4 is 9.84 Å². The lowest BCUT2D eigenvalue weighted by molar-refractivity contribution is 0.266. The summed E-state index contributed by atoms with van der Waals surface area (Å²) >= 11 is 0. The quantitative estimate of drug-likeness (QED) is 0.746. The maximum atomic E-state index is 12.2. The molecule has 0 aromatic rings. The van der Waals surface area contributed by atoms with Crippen molar-refractivity contribution in [3.05, 3.63) is 0 Å². The molecule has 4 heteroatoms. The molecular weight excluding hydrogens is 258 g/mol. The molecule has 0 spiro atoms. The fourth-order valence-corrected chi connectivity index (χ4v) is 3.64. The Labute approximate surface area is 119 Å². The van der Waals surface area contributed by atoms with Gasteiger partial charge in [0.2, 0.25) is 0 Å². The van der Waals surface area contributed by atoms with E-state index in [-0.39, 0.29) is 5.41 Å². The van der Waals surface area contributed by atoms with Crippen molar-refractivity contribution < 1.29 is 8.42 Å². The van der Waals surface area contributed by atoms with Crippen LogP contribution in [0.1, 0.15) is 66.7 Å². The third-order valence-corrected chi connectivity index (χ3v) is 6.76. The first kappa shape index (κ1) is 17.0. The zero-order valence-electron chi connectivity index (χ0n) is 13.3. The summed E-state index contributed by atoms with van der Waals surface area (Å²) in [6.45, 7) is 10.7. The molecule has 1 saturated carbocycles. The molecule has 0 aliphatic heterocycles. The van der Waals surface area contributed by atoms with Crippen LogP contribution in [-0.2, 0) is 9.84 Å². The van der Waals surface area contributed by atoms with Crippen LogP contribution in [0.4, 0.5) is 0 Å². The van der Waals surface area contributed by atoms with E-state index in [0.29, 0.717) is 11.8 Å². The molecule has 0 radical (unpaired) electrons. The van der Waals surface area contributed by atoms with Crippen LogP contribution in [0.25, 0.3) is 0 Å². The van der Waals surface area contributed by atoms with Crippen LogP contribution in [0.2, 0.25) is 0 Å². The number of sulfone groups is 1. The van der Waals surface area contributed by atoms with Gasteiger partial charge in [0.15, 0.2) is 9.84 Å². The molecule has 0 heterocycles. The normalized spacial score (nSPS) is 20.3. The first-order valence-electron chi connectivity index (χ1n) is 7.55. The largest absolute Gasteiger partial charge is 0.313 e. The lowest BCUT2D eigenvalue weighted by Crippen LogP contribution is -2.37. The van der Waals surface area contributed by atoms with Gasteiger partial charge >= 0.3 is 0 Å². The Bertz CT molecular complexity index is 379. The maximum absolute atomic E-state index is 12.2. The average molecular weight is 289 g/mol. The summed E-state index contributed by atoms with van der Waals surface area (Å²) < 4.78 is 23.8. The molecule has 114 valence electrons. The molecule has 0 saturated heterocycles. The fourth-order valence-electron chi connectivity index (χ4n) is 2.27. The molecule has 1 atom stereocenters. The molecule has 3 nitrogen and oxygen atoms in total. The number of rotatable bonds is 8. The van der Waals surface area contributed by atoms with Crippen LogP contribution >= 0.6 is 0 Å². The minimum Gasteiger partial charge on any atom is -0.313 e. The summed E-state index contributed by atoms with van der Waals surface area (Å²) in [7, 11) is -3.00. The highest BCUT2D eigenvalue weighted by atomic mass is 32.2. The van der Waals surface area contributed by atoms with E-state index in [2.05, 4.69) is 19.2 Å². The second-order valence-corrected chi connectivity index (χ2v) is 10.3. The molecule has 1 rings (SSSR count). The van der Waals surface area contributed by atoms with E-state index in [0.717, 1.165) is 25.8 Å². The highest BCUT2D eigenvalue weighted by Crippen LogP contribution is 2.31. The standard InChI is InChI=1S/C15H31NO2S/c1-6-9-15(5,12-16-13-7-8-13)10-11-19(17,18)14(2,3)4/h13,16H,6-12H2,1-5H3. The van der Waals surface area contributed by atoms with Gasteiger partial charge in [0, 0.05) is 12.6 Å². The van der Waals surface area contributed by atoms with Crippen molar-refractivity contribution in [3.8, 4) is 0 Å². The smallest absolute Gasteiger partial charge is 0.155 e. The highest BCUT2D eigenvalue weighted by molar-refractivity contribution is 7.92. The summed E-state index contributed by atoms with van der Waals surface area (Å²) in [6.07, 6.45) is 5.52. The van der Waals surface area contributed by atoms with E-state index in [9.17, 15) is 8.42 Å². The van der Waals surface area contributed by atoms with E-state index in [4.69, 9.17) is 0 Å². The molecule has 1 fully saturated rings. The fraction of sp³-hybridized carbons (Fsp3) is 1.00. The third kappa shape index (κ3) is 5.42. The third-order valence-electron chi connectivity index (χ3n) is 4.16. The highest BCUT2D eigenvalue weighted by Gasteiger charge is 2.33. The predicted octanol–water partition coefficient (Wildman–Crippen LogP) is 3.15. The lowest BCUT2D eigenvalue weighted by Gasteiger charge is -2.31. The van der Waals surface area contributed by atoms with Crippen molar-refractivity contribution in [3.63, 3.8) is 0 Å². The van der Waals surface area contributed by atoms with Gasteiger partial charge in [-0.3, -0.25) is 0 Å². The number of nitrogens with one attached hydrogen (secondary N) is 1. The molecule has 19 heavy (non-hydrogen) atoms. The van der Waals surface area contributed by atoms with Crippen molar-refractivity contribution in [1.29, 1.82) is 0 Å². The van der Waals surface area contributed by atoms with Crippen LogP contribution in [0.15, 0.2) is 0 Å². The van der Waals surface area contributed by atoms with Crippen molar-refractivity contribution in [1.82, 2.24) is 5.32 Å². The first-order valence-corrected chi connectivity index (χ1v) is 9.20. The summed E-state index contributed by atoms with van der Waals surface area (Å²) in [5.74, 6) is 0.305. The zero-order chi connectivity index (χ0) is 14.7. The first-order chi connectivity index (χ1) is 8.60. The van der Waals surface area contributed by atoms with Crippen LogP contribution in [0, 0.1) is 5.41 Å². The number of hydrogen-bond donors (Lipinski definition) is 1. The van der Waals surface area contributed by atoms with Gasteiger partial charge in [-0.25, -0.2) is 8.42 Å². The van der Waals surface area contributed by atoms with Gasteiger partial charge in [-0.15, -0.1) is 0 Å². The molecule has 1 aliphatic rings. The van der Waals surface area contributed by atoms with E-state index in [1.807, 2.05) is 0 Å². The van der Waals surface area contributed by atoms with E-state index >= 15 is 0 Å². The minimum absolute atomic E-state index is 0.107. The molecule has 0 bridgehead atoms. The molecule has 0 aromatic heterocycles. The van der Waals surface area contributed by atoms with Gasteiger partial charge in [0.05, 0.1) is 10.5 Å². The SMILES string of the molecule is CCCC(C)(CCS(=O)(=O)C(C)(C)C)CNC1CC1. The second-order valence-electron chi connectivity index (χ2n) is 7.40. The lowest BCUT2D eigenvalue weighted by atomic mass is 9.83. The Kier molecular flexibility index (Phi) is 5.47. The summed E-state index contributed by atoms with van der Waals surface area (Å²) in [5.41, 5.74) is 0.107. The number of hydrogen-bond acceptors (Lipinski definition) is 3. The van der Waals surface area contributed by atoms with Gasteiger partial charge in [0.1, 0.15) is 0 Å². The monoisotopic (exact) mass is 289 g/mol. The maximum Gasteiger partial charge on any atom is 0.155 e. The molecule has 0 amide bonds. The van der Waals surface area contributed by atoms with Crippen molar-refractivity contribution in [2.24, 2.45) is 5.41 Å². The Balaban J connectivity index is 2.56. The van der Waals surface area contributed by atoms with Crippen LogP contribution < -0.4 is 5.32 Å². The summed E-state index contributed by atoms with van der Waals surface area (Å²) in [4.78, 5) is 0. The van der Waals surface area contributed by atoms with Gasteiger partial charge < -0.3 is 5.32 Å². The van der Waals surface area contributed by atoms with Crippen LogP contribution in [-0.4, -0.2) is 31.5 Å². The molecule has 1 N–H and O–H groups in total. The van der Waals surface area contributed by atoms with Gasteiger partial charge in [-0.1, -0.05) is 20.3 Å². The Morgan fingerprint density at radius 2 is 1.68 bits per heavy atom. The molecular formula is C15H31NO2S. The van der Waals surface area contributed by atoms with E-state index in [1.54, 1.807) is 20.8 Å². The van der Waals surface area contributed by atoms with E-state index in [1.165, 1.54) is 12.8 Å². The average Bonchev–Trinajstić information content (AvgIpc) is 3.07. The minimum atomic E-state index is -3.00. The van der Waals surface area contributed by atoms with Crippen LogP contribution in [0.5, 0.6) is 0 Å². The van der Waals surface area contributed by atoms with Crippen molar-refractivity contribution in [2.75, 3.05) is 12.3 Å². The summed E-state index contributed by atoms with van der Waals surface area (Å²) in [5, 5.41) is 3.56. The second kappa shape index (κ2) is 6.13. The van der Waals surface area contributed by atoms with Crippen LogP contribution in [0.3, 0.4) is 0 Å². The summed E-state index contributed by atoms with van der Waals surface area (Å²) in [6, 6.07) is 0.690. The Morgan fingerprint density at radius 1 is 1.11 bits per heavy atom. The van der Waals surface area contributed by atoms with Crippen molar-refractivity contribution in [2.45, 2.75) is 77.5 Å². The zero-order valence-corrected chi connectivity index (χ0v) is 14.1. The van der Waals surface area contributed by atoms with Gasteiger partial charge in [-0.05, 0) is 51.9 Å². The Morgan fingerprint density at radius 3 is 2.11 bits per heavy atom. The predicted molar refractivity (Wildman–Crippen MR) is 82.2 cm³/mol. The van der Waals surface area contributed by atoms with Gasteiger partial charge in [-0.2, -0.15) is 0 Å².